The SMILES string of the molecule is CN1CCCCC1c1nnc2c(C=O)cccn12. The first-order chi connectivity index (χ1) is 8.81. The number of hydrogen-bond acceptors (Lipinski definition) is 4. The summed E-state index contributed by atoms with van der Waals surface area (Å²) in [5.41, 5.74) is 1.25. The predicted octanol–water partition coefficient (Wildman–Crippen LogP) is 1.70. The molecule has 5 heteroatoms. The summed E-state index contributed by atoms with van der Waals surface area (Å²) < 4.78 is 1.94. The largest absolute Gasteiger partial charge is 0.298 e. The molecule has 1 aliphatic rings. The fraction of sp³-hybridized carbons (Fsp3) is 0.462. The van der Waals surface area contributed by atoms with Crippen molar-refractivity contribution in [2.75, 3.05) is 13.6 Å². The van der Waals surface area contributed by atoms with E-state index in [1.54, 1.807) is 6.07 Å². The number of fused-ring (bicyclic) bond motifs is 1. The van der Waals surface area contributed by atoms with Gasteiger partial charge in [0.15, 0.2) is 17.8 Å². The highest BCUT2D eigenvalue weighted by atomic mass is 16.1. The second-order valence-electron chi connectivity index (χ2n) is 4.83. The first-order valence-electron chi connectivity index (χ1n) is 6.30. The number of hydrogen-bond donors (Lipinski definition) is 0. The molecule has 0 amide bonds. The van der Waals surface area contributed by atoms with Crippen molar-refractivity contribution in [3.63, 3.8) is 0 Å². The van der Waals surface area contributed by atoms with E-state index in [1.807, 2.05) is 16.7 Å². The highest BCUT2D eigenvalue weighted by Gasteiger charge is 2.25. The summed E-state index contributed by atoms with van der Waals surface area (Å²) in [5.74, 6) is 0.941. The quantitative estimate of drug-likeness (QED) is 0.754. The molecule has 0 spiro atoms. The summed E-state index contributed by atoms with van der Waals surface area (Å²) in [6.45, 7) is 1.09. The Bertz CT molecular complexity index is 577. The zero-order chi connectivity index (χ0) is 12.5. The number of carbonyl (C=O) groups excluding carboxylic acids is 1. The van der Waals surface area contributed by atoms with Crippen LogP contribution in [0.3, 0.4) is 0 Å². The van der Waals surface area contributed by atoms with Gasteiger partial charge < -0.3 is 0 Å². The maximum atomic E-state index is 11.0. The van der Waals surface area contributed by atoms with Crippen LogP contribution in [0, 0.1) is 0 Å². The third-order valence-electron chi connectivity index (χ3n) is 3.69. The lowest BCUT2D eigenvalue weighted by molar-refractivity contribution is 0.112. The standard InChI is InChI=1S/C13H16N4O/c1-16-7-3-2-6-11(16)13-15-14-12-10(9-18)5-4-8-17(12)13/h4-5,8-9,11H,2-3,6-7H2,1H3. The van der Waals surface area contributed by atoms with Gasteiger partial charge in [0.2, 0.25) is 0 Å². The Morgan fingerprint density at radius 3 is 3.06 bits per heavy atom. The van der Waals surface area contributed by atoms with Crippen molar-refractivity contribution in [1.82, 2.24) is 19.5 Å². The van der Waals surface area contributed by atoms with E-state index >= 15 is 0 Å². The van der Waals surface area contributed by atoms with Gasteiger partial charge in [0, 0.05) is 6.20 Å². The second kappa shape index (κ2) is 4.49. The molecule has 18 heavy (non-hydrogen) atoms. The normalized spacial score (nSPS) is 21.3. The van der Waals surface area contributed by atoms with E-state index in [1.165, 1.54) is 12.8 Å². The summed E-state index contributed by atoms with van der Waals surface area (Å²) in [7, 11) is 2.12. The molecule has 2 aromatic heterocycles. The molecule has 94 valence electrons. The Hall–Kier alpha value is -1.75. The van der Waals surface area contributed by atoms with Crippen molar-refractivity contribution in [2.45, 2.75) is 25.3 Å². The molecule has 3 heterocycles. The summed E-state index contributed by atoms with van der Waals surface area (Å²) in [6.07, 6.45) is 6.32. The number of pyridine rings is 1. The Labute approximate surface area is 105 Å². The van der Waals surface area contributed by atoms with Gasteiger partial charge >= 0.3 is 0 Å². The minimum Gasteiger partial charge on any atom is -0.298 e. The number of rotatable bonds is 2. The van der Waals surface area contributed by atoms with Crippen molar-refractivity contribution in [1.29, 1.82) is 0 Å². The average molecular weight is 244 g/mol. The van der Waals surface area contributed by atoms with Gasteiger partial charge in [-0.1, -0.05) is 6.42 Å². The predicted molar refractivity (Wildman–Crippen MR) is 67.6 cm³/mol. The molecule has 1 atom stereocenters. The molecule has 1 aliphatic heterocycles. The van der Waals surface area contributed by atoms with Gasteiger partial charge in [0.05, 0.1) is 11.6 Å². The molecule has 1 unspecified atom stereocenters. The van der Waals surface area contributed by atoms with Gasteiger partial charge in [-0.3, -0.25) is 14.1 Å². The minimum absolute atomic E-state index is 0.302. The molecule has 0 N–H and O–H groups in total. The van der Waals surface area contributed by atoms with Gasteiger partial charge in [-0.15, -0.1) is 10.2 Å². The van der Waals surface area contributed by atoms with Crippen molar-refractivity contribution >= 4 is 11.9 Å². The van der Waals surface area contributed by atoms with Crippen LogP contribution >= 0.6 is 0 Å². The first kappa shape index (κ1) is 11.3. The highest BCUT2D eigenvalue weighted by Crippen LogP contribution is 2.28. The molecule has 3 rings (SSSR count). The zero-order valence-corrected chi connectivity index (χ0v) is 10.4. The number of aldehydes is 1. The lowest BCUT2D eigenvalue weighted by Gasteiger charge is -2.30. The fourth-order valence-corrected chi connectivity index (χ4v) is 2.68. The lowest BCUT2D eigenvalue weighted by atomic mass is 10.0. The Balaban J connectivity index is 2.09. The van der Waals surface area contributed by atoms with Crippen LogP contribution in [-0.2, 0) is 0 Å². The number of piperidine rings is 1. The van der Waals surface area contributed by atoms with E-state index < -0.39 is 0 Å². The molecule has 0 radical (unpaired) electrons. The Morgan fingerprint density at radius 1 is 1.39 bits per heavy atom. The van der Waals surface area contributed by atoms with Gasteiger partial charge in [-0.05, 0) is 38.6 Å². The van der Waals surface area contributed by atoms with E-state index in [0.717, 1.165) is 25.1 Å². The third-order valence-corrected chi connectivity index (χ3v) is 3.69. The number of nitrogens with zero attached hydrogens (tertiary/aromatic N) is 4. The van der Waals surface area contributed by atoms with Gasteiger partial charge in [-0.2, -0.15) is 0 Å². The number of aromatic nitrogens is 3. The molecule has 0 aromatic carbocycles. The average Bonchev–Trinajstić information content (AvgIpc) is 2.83. The monoisotopic (exact) mass is 244 g/mol. The van der Waals surface area contributed by atoms with Crippen molar-refractivity contribution in [3.05, 3.63) is 29.7 Å². The van der Waals surface area contributed by atoms with Gasteiger partial charge in [0.25, 0.3) is 0 Å². The maximum Gasteiger partial charge on any atom is 0.171 e. The van der Waals surface area contributed by atoms with Crippen LogP contribution < -0.4 is 0 Å². The summed E-state index contributed by atoms with van der Waals surface area (Å²) >= 11 is 0. The molecule has 0 aliphatic carbocycles. The highest BCUT2D eigenvalue weighted by molar-refractivity contribution is 5.83. The maximum absolute atomic E-state index is 11.0. The van der Waals surface area contributed by atoms with E-state index in [4.69, 9.17) is 0 Å². The number of carbonyl (C=O) groups is 1. The van der Waals surface area contributed by atoms with Crippen LogP contribution in [0.1, 0.15) is 41.5 Å². The fourth-order valence-electron chi connectivity index (χ4n) is 2.68. The molecule has 2 aromatic rings. The van der Waals surface area contributed by atoms with Crippen LogP contribution in [0.4, 0.5) is 0 Å². The third kappa shape index (κ3) is 1.71. The molecule has 1 saturated heterocycles. The van der Waals surface area contributed by atoms with E-state index in [2.05, 4.69) is 22.1 Å². The van der Waals surface area contributed by atoms with Crippen LogP contribution in [0.15, 0.2) is 18.3 Å². The molecule has 0 saturated carbocycles. The summed E-state index contributed by atoms with van der Waals surface area (Å²) in [4.78, 5) is 13.3. The van der Waals surface area contributed by atoms with Gasteiger partial charge in [0.1, 0.15) is 0 Å². The molecular formula is C13H16N4O. The molecule has 5 nitrogen and oxygen atoms in total. The van der Waals surface area contributed by atoms with Crippen molar-refractivity contribution in [3.8, 4) is 0 Å². The second-order valence-corrected chi connectivity index (χ2v) is 4.83. The Morgan fingerprint density at radius 2 is 2.28 bits per heavy atom. The van der Waals surface area contributed by atoms with Crippen LogP contribution in [0.2, 0.25) is 0 Å². The molecular weight excluding hydrogens is 228 g/mol. The van der Waals surface area contributed by atoms with Crippen molar-refractivity contribution in [2.24, 2.45) is 0 Å². The zero-order valence-electron chi connectivity index (χ0n) is 10.4. The first-order valence-corrected chi connectivity index (χ1v) is 6.30. The van der Waals surface area contributed by atoms with E-state index in [9.17, 15) is 4.79 Å². The summed E-state index contributed by atoms with van der Waals surface area (Å²) in [5, 5.41) is 8.44. The topological polar surface area (TPSA) is 50.5 Å². The van der Waals surface area contributed by atoms with Crippen LogP contribution in [-0.4, -0.2) is 39.4 Å². The van der Waals surface area contributed by atoms with E-state index in [0.29, 0.717) is 17.3 Å². The summed E-state index contributed by atoms with van der Waals surface area (Å²) in [6, 6.07) is 3.94. The smallest absolute Gasteiger partial charge is 0.171 e. The van der Waals surface area contributed by atoms with Crippen LogP contribution in [0.5, 0.6) is 0 Å². The van der Waals surface area contributed by atoms with E-state index in [-0.39, 0.29) is 0 Å². The number of likely N-dealkylation sites (tertiary alicyclic amines) is 1. The molecule has 0 bridgehead atoms. The van der Waals surface area contributed by atoms with Crippen molar-refractivity contribution < 1.29 is 4.79 Å². The van der Waals surface area contributed by atoms with Gasteiger partial charge in [-0.25, -0.2) is 0 Å². The van der Waals surface area contributed by atoms with Crippen LogP contribution in [0.25, 0.3) is 5.65 Å². The minimum atomic E-state index is 0.302. The molecule has 1 fully saturated rings. The Kier molecular flexibility index (Phi) is 2.83. The lowest BCUT2D eigenvalue weighted by Crippen LogP contribution is -2.30.